The van der Waals surface area contributed by atoms with Gasteiger partial charge in [-0.3, -0.25) is 4.99 Å². The molecule has 0 amide bonds. The van der Waals surface area contributed by atoms with Gasteiger partial charge in [-0.25, -0.2) is 8.42 Å². The summed E-state index contributed by atoms with van der Waals surface area (Å²) in [6, 6.07) is -0.127. The van der Waals surface area contributed by atoms with Gasteiger partial charge in [-0.15, -0.1) is 24.0 Å². The molecule has 2 aliphatic rings. The third kappa shape index (κ3) is 7.28. The number of alkyl halides is 3. The Morgan fingerprint density at radius 3 is 2.34 bits per heavy atom. The lowest BCUT2D eigenvalue weighted by molar-refractivity contribution is -0.0494. The number of halogens is 4. The second-order valence-corrected chi connectivity index (χ2v) is 10.2. The van der Waals surface area contributed by atoms with Gasteiger partial charge in [-0.05, 0) is 38.9 Å². The van der Waals surface area contributed by atoms with Crippen molar-refractivity contribution in [2.24, 2.45) is 4.99 Å². The number of hydrogen-bond donors (Lipinski definition) is 2. The number of piperidine rings is 1. The Hall–Kier alpha value is 0.01000. The van der Waals surface area contributed by atoms with Crippen molar-refractivity contribution in [2.75, 3.05) is 45.6 Å². The Morgan fingerprint density at radius 1 is 1.28 bits per heavy atom. The largest absolute Gasteiger partial charge is 0.511 e. The average Bonchev–Trinajstić information content (AvgIpc) is 2.66. The lowest BCUT2D eigenvalue weighted by atomic mass is 9.99. The number of aliphatic imine (C=N–C) groups is 1. The minimum Gasteiger partial charge on any atom is -0.381 e. The zero-order valence-electron chi connectivity index (χ0n) is 16.6. The molecule has 0 aromatic carbocycles. The molecule has 0 unspecified atom stereocenters. The summed E-state index contributed by atoms with van der Waals surface area (Å²) in [7, 11) is -5.25. The van der Waals surface area contributed by atoms with E-state index in [1.807, 2.05) is 6.92 Å². The van der Waals surface area contributed by atoms with Gasteiger partial charge in [0.05, 0.1) is 6.54 Å². The third-order valence-electron chi connectivity index (χ3n) is 5.13. The Labute approximate surface area is 192 Å². The van der Waals surface area contributed by atoms with Gasteiger partial charge in [-0.2, -0.15) is 29.2 Å². The van der Waals surface area contributed by atoms with E-state index < -0.39 is 15.5 Å². The van der Waals surface area contributed by atoms with E-state index in [2.05, 4.69) is 21.9 Å². The van der Waals surface area contributed by atoms with Crippen molar-refractivity contribution >= 4 is 51.7 Å². The summed E-state index contributed by atoms with van der Waals surface area (Å²) in [4.78, 5) is 4.69. The Morgan fingerprint density at radius 2 is 1.86 bits per heavy atom. The van der Waals surface area contributed by atoms with E-state index in [1.165, 1.54) is 0 Å². The molecule has 7 nitrogen and oxygen atoms in total. The molecule has 2 saturated heterocycles. The molecule has 0 atom stereocenters. The van der Waals surface area contributed by atoms with Gasteiger partial charge >= 0.3 is 15.5 Å². The topological polar surface area (TPSA) is 83.0 Å². The Bertz CT molecular complexity index is 636. The van der Waals surface area contributed by atoms with E-state index in [0.717, 1.165) is 12.8 Å². The average molecular weight is 574 g/mol. The van der Waals surface area contributed by atoms with E-state index in [1.54, 1.807) is 11.8 Å². The summed E-state index contributed by atoms with van der Waals surface area (Å²) in [5.41, 5.74) is -5.25. The summed E-state index contributed by atoms with van der Waals surface area (Å²) >= 11 is 1.78. The summed E-state index contributed by atoms with van der Waals surface area (Å²) < 4.78 is 67.1. The molecule has 13 heteroatoms. The van der Waals surface area contributed by atoms with Gasteiger partial charge in [0.15, 0.2) is 5.96 Å². The normalized spacial score (nSPS) is 22.0. The van der Waals surface area contributed by atoms with Crippen LogP contribution in [0.1, 0.15) is 32.6 Å². The first kappa shape index (κ1) is 27.0. The predicted molar refractivity (Wildman–Crippen MR) is 120 cm³/mol. The minimum atomic E-state index is -5.25. The standard InChI is InChI=1S/C16H29F3N4O3S2.HI/c1-3-20-14(21-12-15(27-2)6-10-26-11-7-15)22-13-4-8-23(9-5-13)28(24,25)16(17,18)19;/h13H,3-12H2,1-2H3,(H2,20,21,22);1H. The molecule has 0 saturated carbocycles. The van der Waals surface area contributed by atoms with Crippen LogP contribution in [0.4, 0.5) is 13.2 Å². The van der Waals surface area contributed by atoms with Crippen molar-refractivity contribution in [3.05, 3.63) is 0 Å². The number of guanidine groups is 1. The first-order chi connectivity index (χ1) is 13.1. The fourth-order valence-corrected chi connectivity index (χ4v) is 5.05. The molecule has 0 radical (unpaired) electrons. The maximum Gasteiger partial charge on any atom is 0.511 e. The highest BCUT2D eigenvalue weighted by Gasteiger charge is 2.50. The van der Waals surface area contributed by atoms with Crippen LogP contribution in [-0.2, 0) is 14.8 Å². The summed E-state index contributed by atoms with van der Waals surface area (Å²) in [5.74, 6) is 0.611. The first-order valence-electron chi connectivity index (χ1n) is 9.38. The van der Waals surface area contributed by atoms with E-state index >= 15 is 0 Å². The zero-order valence-corrected chi connectivity index (χ0v) is 20.6. The lowest BCUT2D eigenvalue weighted by Crippen LogP contribution is -2.52. The van der Waals surface area contributed by atoms with Crippen molar-refractivity contribution in [3.8, 4) is 0 Å². The van der Waals surface area contributed by atoms with Crippen molar-refractivity contribution in [3.63, 3.8) is 0 Å². The van der Waals surface area contributed by atoms with Gasteiger partial charge in [0.1, 0.15) is 0 Å². The van der Waals surface area contributed by atoms with Crippen LogP contribution < -0.4 is 10.6 Å². The van der Waals surface area contributed by atoms with E-state index in [0.29, 0.717) is 49.4 Å². The lowest BCUT2D eigenvalue weighted by Gasteiger charge is -2.35. The molecule has 0 aromatic heterocycles. The van der Waals surface area contributed by atoms with E-state index in [9.17, 15) is 21.6 Å². The molecular formula is C16H30F3IN4O3S2. The molecule has 0 aromatic rings. The molecule has 2 fully saturated rings. The van der Waals surface area contributed by atoms with Crippen molar-refractivity contribution in [1.29, 1.82) is 0 Å². The summed E-state index contributed by atoms with van der Waals surface area (Å²) in [6.45, 7) is 4.32. The smallest absolute Gasteiger partial charge is 0.381 e. The minimum absolute atomic E-state index is 0. The molecule has 2 rings (SSSR count). The van der Waals surface area contributed by atoms with Gasteiger partial charge in [0.2, 0.25) is 0 Å². The van der Waals surface area contributed by atoms with Crippen LogP contribution in [0, 0.1) is 0 Å². The zero-order chi connectivity index (χ0) is 20.8. The fourth-order valence-electron chi connectivity index (χ4n) is 3.29. The SMILES string of the molecule is CCNC(=NCC1(SC)CCOCC1)NC1CCN(S(=O)(=O)C(F)(F)F)CC1.I. The third-order valence-corrected chi connectivity index (χ3v) is 8.17. The highest BCUT2D eigenvalue weighted by molar-refractivity contribution is 14.0. The number of sulfonamides is 1. The van der Waals surface area contributed by atoms with Crippen LogP contribution in [0.3, 0.4) is 0 Å². The number of rotatable bonds is 6. The molecule has 0 aliphatic carbocycles. The van der Waals surface area contributed by atoms with Crippen LogP contribution in [0.15, 0.2) is 4.99 Å². The van der Waals surface area contributed by atoms with E-state index in [-0.39, 0.29) is 47.9 Å². The highest BCUT2D eigenvalue weighted by atomic mass is 127. The van der Waals surface area contributed by atoms with Crippen molar-refractivity contribution in [1.82, 2.24) is 14.9 Å². The Balaban J connectivity index is 0.00000420. The fraction of sp³-hybridized carbons (Fsp3) is 0.938. The monoisotopic (exact) mass is 574 g/mol. The molecule has 172 valence electrons. The number of hydrogen-bond acceptors (Lipinski definition) is 5. The van der Waals surface area contributed by atoms with Gasteiger partial charge < -0.3 is 15.4 Å². The number of ether oxygens (including phenoxy) is 1. The molecule has 2 N–H and O–H groups in total. The molecular weight excluding hydrogens is 544 g/mol. The predicted octanol–water partition coefficient (Wildman–Crippen LogP) is 2.39. The molecule has 0 spiro atoms. The number of thioether (sulfide) groups is 1. The van der Waals surface area contributed by atoms with Crippen LogP contribution in [-0.4, -0.2) is 80.6 Å². The van der Waals surface area contributed by atoms with Crippen LogP contribution in [0.25, 0.3) is 0 Å². The highest BCUT2D eigenvalue weighted by Crippen LogP contribution is 2.34. The Kier molecular flexibility index (Phi) is 10.8. The van der Waals surface area contributed by atoms with Gasteiger partial charge in [-0.1, -0.05) is 0 Å². The van der Waals surface area contributed by atoms with Crippen LogP contribution >= 0.6 is 35.7 Å². The van der Waals surface area contributed by atoms with Crippen molar-refractivity contribution in [2.45, 2.75) is 48.9 Å². The van der Waals surface area contributed by atoms with Gasteiger partial charge in [0, 0.05) is 43.6 Å². The van der Waals surface area contributed by atoms with Gasteiger partial charge in [0.25, 0.3) is 0 Å². The number of nitrogens with one attached hydrogen (secondary N) is 2. The second-order valence-electron chi connectivity index (χ2n) is 6.96. The quantitative estimate of drug-likeness (QED) is 0.288. The molecule has 2 heterocycles. The number of nitrogens with zero attached hydrogens (tertiary/aromatic N) is 2. The molecule has 0 bridgehead atoms. The maximum absolute atomic E-state index is 12.7. The summed E-state index contributed by atoms with van der Waals surface area (Å²) in [6.07, 6.45) is 4.50. The first-order valence-corrected chi connectivity index (χ1v) is 12.0. The summed E-state index contributed by atoms with van der Waals surface area (Å²) in [5, 5.41) is 6.41. The van der Waals surface area contributed by atoms with Crippen molar-refractivity contribution < 1.29 is 26.3 Å². The van der Waals surface area contributed by atoms with Crippen LogP contribution in [0.5, 0.6) is 0 Å². The molecule has 29 heavy (non-hydrogen) atoms. The van der Waals surface area contributed by atoms with Crippen LogP contribution in [0.2, 0.25) is 0 Å². The van der Waals surface area contributed by atoms with E-state index in [4.69, 9.17) is 4.74 Å². The maximum atomic E-state index is 12.7. The molecule has 2 aliphatic heterocycles. The second kappa shape index (κ2) is 11.6.